The highest BCUT2D eigenvalue weighted by molar-refractivity contribution is 5.95. The van der Waals surface area contributed by atoms with Crippen LogP contribution in [0.25, 0.3) is 10.9 Å². The number of carbonyl (C=O) groups is 2. The number of carbonyl (C=O) groups excluding carboxylic acids is 2. The lowest BCUT2D eigenvalue weighted by molar-refractivity contribution is -0.115. The maximum Gasteiger partial charge on any atom is 0.274 e. The van der Waals surface area contributed by atoms with Crippen molar-refractivity contribution in [3.63, 3.8) is 0 Å². The Bertz CT molecular complexity index is 891. The second-order valence-corrected chi connectivity index (χ2v) is 5.27. The molecular formula is C18H15N3O3. The van der Waals surface area contributed by atoms with Crippen LogP contribution in [-0.4, -0.2) is 22.0 Å². The van der Waals surface area contributed by atoms with Gasteiger partial charge in [0.05, 0.1) is 11.9 Å². The lowest BCUT2D eigenvalue weighted by Crippen LogP contribution is -2.18. The maximum atomic E-state index is 12.1. The summed E-state index contributed by atoms with van der Waals surface area (Å²) in [6.07, 6.45) is 1.91. The van der Waals surface area contributed by atoms with Crippen LogP contribution in [0.1, 0.15) is 15.9 Å². The first-order valence-corrected chi connectivity index (χ1v) is 7.34. The van der Waals surface area contributed by atoms with Gasteiger partial charge in [0.1, 0.15) is 0 Å². The number of amides is 2. The van der Waals surface area contributed by atoms with Crippen LogP contribution in [0.5, 0.6) is 0 Å². The van der Waals surface area contributed by atoms with E-state index in [2.05, 4.69) is 10.3 Å². The van der Waals surface area contributed by atoms with Crippen molar-refractivity contribution in [3.8, 4) is 0 Å². The number of fused-ring (bicyclic) bond motifs is 1. The van der Waals surface area contributed by atoms with Gasteiger partial charge < -0.3 is 5.32 Å². The Labute approximate surface area is 138 Å². The summed E-state index contributed by atoms with van der Waals surface area (Å²) in [7, 11) is 0. The number of nitrogens with zero attached hydrogens (tertiary/aromatic N) is 1. The van der Waals surface area contributed by atoms with Gasteiger partial charge in [-0.1, -0.05) is 18.2 Å². The van der Waals surface area contributed by atoms with Crippen LogP contribution in [0.3, 0.4) is 0 Å². The number of anilines is 1. The molecule has 0 fully saturated rings. The summed E-state index contributed by atoms with van der Waals surface area (Å²) in [4.78, 5) is 27.6. The Kier molecular flexibility index (Phi) is 4.49. The normalized spacial score (nSPS) is 10.4. The Hall–Kier alpha value is -3.25. The smallest absolute Gasteiger partial charge is 0.274 e. The molecule has 0 aliphatic carbocycles. The van der Waals surface area contributed by atoms with Crippen molar-refractivity contribution in [2.75, 3.05) is 5.32 Å². The number of rotatable bonds is 4. The summed E-state index contributed by atoms with van der Waals surface area (Å²) in [5, 5.41) is 12.4. The molecule has 3 aromatic rings. The van der Waals surface area contributed by atoms with E-state index in [-0.39, 0.29) is 12.3 Å². The second kappa shape index (κ2) is 6.89. The van der Waals surface area contributed by atoms with E-state index in [4.69, 9.17) is 5.21 Å². The molecule has 24 heavy (non-hydrogen) atoms. The number of pyridine rings is 1. The zero-order valence-corrected chi connectivity index (χ0v) is 12.7. The highest BCUT2D eigenvalue weighted by atomic mass is 16.5. The van der Waals surface area contributed by atoms with Crippen LogP contribution in [-0.2, 0) is 11.2 Å². The van der Waals surface area contributed by atoms with Gasteiger partial charge in [0, 0.05) is 22.8 Å². The summed E-state index contributed by atoms with van der Waals surface area (Å²) in [5.74, 6) is -0.742. The Balaban J connectivity index is 1.67. The zero-order chi connectivity index (χ0) is 16.9. The number of benzene rings is 2. The van der Waals surface area contributed by atoms with E-state index >= 15 is 0 Å². The molecule has 6 heteroatoms. The fourth-order valence-corrected chi connectivity index (χ4v) is 2.38. The molecule has 0 saturated heterocycles. The standard InChI is InChI=1S/C18H15N3O3/c22-17(10-12-3-5-13(6-4-12)18(23)21-24)20-15-7-8-16-14(11-15)2-1-9-19-16/h1-9,11,24H,10H2,(H,20,22)(H,21,23). The first-order valence-electron chi connectivity index (χ1n) is 7.34. The molecular weight excluding hydrogens is 306 g/mol. The summed E-state index contributed by atoms with van der Waals surface area (Å²) in [5.41, 5.74) is 4.23. The van der Waals surface area contributed by atoms with Crippen molar-refractivity contribution in [2.45, 2.75) is 6.42 Å². The third-order valence-corrected chi connectivity index (χ3v) is 3.57. The molecule has 120 valence electrons. The maximum absolute atomic E-state index is 12.1. The van der Waals surface area contributed by atoms with Gasteiger partial charge in [-0.2, -0.15) is 0 Å². The Morgan fingerprint density at radius 1 is 1.04 bits per heavy atom. The minimum Gasteiger partial charge on any atom is -0.326 e. The molecule has 0 atom stereocenters. The lowest BCUT2D eigenvalue weighted by atomic mass is 10.1. The van der Waals surface area contributed by atoms with Crippen molar-refractivity contribution < 1.29 is 14.8 Å². The molecule has 2 aromatic carbocycles. The van der Waals surface area contributed by atoms with Gasteiger partial charge in [-0.3, -0.25) is 19.8 Å². The zero-order valence-electron chi connectivity index (χ0n) is 12.7. The number of hydrogen-bond donors (Lipinski definition) is 3. The van der Waals surface area contributed by atoms with E-state index in [0.29, 0.717) is 11.3 Å². The minimum atomic E-state index is -0.587. The molecule has 0 aliphatic heterocycles. The first kappa shape index (κ1) is 15.6. The largest absolute Gasteiger partial charge is 0.326 e. The van der Waals surface area contributed by atoms with Crippen LogP contribution in [0.15, 0.2) is 60.8 Å². The molecule has 0 radical (unpaired) electrons. The van der Waals surface area contributed by atoms with Crippen LogP contribution in [0.2, 0.25) is 0 Å². The monoisotopic (exact) mass is 321 g/mol. The second-order valence-electron chi connectivity index (χ2n) is 5.27. The van der Waals surface area contributed by atoms with Crippen molar-refractivity contribution in [1.82, 2.24) is 10.5 Å². The Morgan fingerprint density at radius 2 is 1.83 bits per heavy atom. The molecule has 0 saturated carbocycles. The van der Waals surface area contributed by atoms with Crippen LogP contribution in [0.4, 0.5) is 5.69 Å². The van der Waals surface area contributed by atoms with Crippen LogP contribution >= 0.6 is 0 Å². The number of hydroxylamine groups is 1. The average Bonchev–Trinajstić information content (AvgIpc) is 2.61. The quantitative estimate of drug-likeness (QED) is 0.509. The van der Waals surface area contributed by atoms with Gasteiger partial charge in [-0.25, -0.2) is 5.48 Å². The highest BCUT2D eigenvalue weighted by Gasteiger charge is 2.07. The van der Waals surface area contributed by atoms with Gasteiger partial charge in [-0.05, 0) is 42.0 Å². The van der Waals surface area contributed by atoms with Gasteiger partial charge in [0.25, 0.3) is 5.91 Å². The summed E-state index contributed by atoms with van der Waals surface area (Å²) in [6.45, 7) is 0. The van der Waals surface area contributed by atoms with Crippen LogP contribution in [0, 0.1) is 0 Å². The van der Waals surface area contributed by atoms with E-state index in [0.717, 1.165) is 16.5 Å². The molecule has 2 amide bonds. The predicted octanol–water partition coefficient (Wildman–Crippen LogP) is 2.54. The van der Waals surface area contributed by atoms with E-state index in [1.807, 2.05) is 30.3 Å². The Morgan fingerprint density at radius 3 is 2.58 bits per heavy atom. The van der Waals surface area contributed by atoms with E-state index in [1.165, 1.54) is 0 Å². The third-order valence-electron chi connectivity index (χ3n) is 3.57. The predicted molar refractivity (Wildman–Crippen MR) is 89.8 cm³/mol. The fraction of sp³-hybridized carbons (Fsp3) is 0.0556. The van der Waals surface area contributed by atoms with Crippen molar-refractivity contribution >= 4 is 28.4 Å². The minimum absolute atomic E-state index is 0.155. The highest BCUT2D eigenvalue weighted by Crippen LogP contribution is 2.17. The van der Waals surface area contributed by atoms with E-state index in [1.54, 1.807) is 35.9 Å². The molecule has 0 spiro atoms. The molecule has 3 N–H and O–H groups in total. The van der Waals surface area contributed by atoms with Gasteiger partial charge in [0.15, 0.2) is 0 Å². The van der Waals surface area contributed by atoms with Gasteiger partial charge in [0.2, 0.25) is 5.91 Å². The van der Waals surface area contributed by atoms with Gasteiger partial charge in [-0.15, -0.1) is 0 Å². The number of nitrogens with one attached hydrogen (secondary N) is 2. The van der Waals surface area contributed by atoms with E-state index < -0.39 is 5.91 Å². The molecule has 1 aromatic heterocycles. The van der Waals surface area contributed by atoms with Crippen molar-refractivity contribution in [2.24, 2.45) is 0 Å². The summed E-state index contributed by atoms with van der Waals surface area (Å²) < 4.78 is 0. The molecule has 3 rings (SSSR count). The van der Waals surface area contributed by atoms with Crippen molar-refractivity contribution in [1.29, 1.82) is 0 Å². The van der Waals surface area contributed by atoms with Crippen molar-refractivity contribution in [3.05, 3.63) is 71.9 Å². The lowest BCUT2D eigenvalue weighted by Gasteiger charge is -2.07. The third kappa shape index (κ3) is 3.56. The van der Waals surface area contributed by atoms with Gasteiger partial charge >= 0.3 is 0 Å². The molecule has 0 bridgehead atoms. The van der Waals surface area contributed by atoms with Crippen LogP contribution < -0.4 is 10.8 Å². The van der Waals surface area contributed by atoms with E-state index in [9.17, 15) is 9.59 Å². The average molecular weight is 321 g/mol. The summed E-state index contributed by atoms with van der Waals surface area (Å²) in [6, 6.07) is 15.8. The first-order chi connectivity index (χ1) is 11.7. The topological polar surface area (TPSA) is 91.3 Å². The molecule has 0 aliphatic rings. The molecule has 0 unspecified atom stereocenters. The molecule has 6 nitrogen and oxygen atoms in total. The SMILES string of the molecule is O=C(Cc1ccc(C(=O)NO)cc1)Nc1ccc2ncccc2c1. The summed E-state index contributed by atoms with van der Waals surface area (Å²) >= 11 is 0. The molecule has 1 heterocycles. The number of hydrogen-bond acceptors (Lipinski definition) is 4. The fourth-order valence-electron chi connectivity index (χ4n) is 2.38. The number of aromatic nitrogens is 1.